The first-order valence-electron chi connectivity index (χ1n) is 5.51. The summed E-state index contributed by atoms with van der Waals surface area (Å²) in [5.74, 6) is 6.44. The third kappa shape index (κ3) is 2.71. The predicted molar refractivity (Wildman–Crippen MR) is 63.5 cm³/mol. The van der Waals surface area contributed by atoms with Gasteiger partial charge in [-0.15, -0.1) is 0 Å². The van der Waals surface area contributed by atoms with E-state index in [1.54, 1.807) is 0 Å². The summed E-state index contributed by atoms with van der Waals surface area (Å²) in [6.07, 6.45) is 5.22. The van der Waals surface area contributed by atoms with Gasteiger partial charge in [0.05, 0.1) is 0 Å². The van der Waals surface area contributed by atoms with Crippen LogP contribution >= 0.6 is 11.6 Å². The number of hydrogen-bond donors (Lipinski definition) is 2. The van der Waals surface area contributed by atoms with Crippen LogP contribution in [0.15, 0.2) is 24.3 Å². The molecule has 1 fully saturated rings. The Hall–Kier alpha value is -0.570. The number of benzene rings is 1. The van der Waals surface area contributed by atoms with Gasteiger partial charge in [0.25, 0.3) is 0 Å². The van der Waals surface area contributed by atoms with Crippen LogP contribution in [0.5, 0.6) is 0 Å². The zero-order chi connectivity index (χ0) is 10.7. The largest absolute Gasteiger partial charge is 0.271 e. The Morgan fingerprint density at radius 1 is 1.33 bits per heavy atom. The van der Waals surface area contributed by atoms with E-state index >= 15 is 0 Å². The van der Waals surface area contributed by atoms with Crippen molar-refractivity contribution < 1.29 is 0 Å². The molecule has 0 bridgehead atoms. The Kier molecular flexibility index (Phi) is 3.62. The molecule has 0 radical (unpaired) electrons. The molecule has 1 saturated carbocycles. The highest BCUT2D eigenvalue weighted by Gasteiger charge is 2.22. The van der Waals surface area contributed by atoms with Gasteiger partial charge in [-0.3, -0.25) is 11.3 Å². The van der Waals surface area contributed by atoms with Crippen LogP contribution in [0.1, 0.15) is 37.3 Å². The Labute approximate surface area is 95.8 Å². The van der Waals surface area contributed by atoms with Gasteiger partial charge >= 0.3 is 0 Å². The van der Waals surface area contributed by atoms with E-state index in [0.29, 0.717) is 0 Å². The fourth-order valence-electron chi connectivity index (χ4n) is 2.06. The second-order valence-electron chi connectivity index (χ2n) is 4.30. The van der Waals surface area contributed by atoms with Gasteiger partial charge in [0.15, 0.2) is 0 Å². The number of rotatable bonds is 4. The van der Waals surface area contributed by atoms with Gasteiger partial charge in [-0.05, 0) is 30.0 Å². The van der Waals surface area contributed by atoms with E-state index < -0.39 is 0 Å². The zero-order valence-corrected chi connectivity index (χ0v) is 9.50. The highest BCUT2D eigenvalue weighted by atomic mass is 35.5. The first-order chi connectivity index (χ1) is 7.29. The molecule has 0 amide bonds. The molecule has 0 aromatic heterocycles. The van der Waals surface area contributed by atoms with Crippen molar-refractivity contribution in [3.05, 3.63) is 34.9 Å². The smallest absolute Gasteiger partial charge is 0.0462 e. The molecule has 82 valence electrons. The lowest BCUT2D eigenvalue weighted by Crippen LogP contribution is -2.31. The minimum Gasteiger partial charge on any atom is -0.271 e. The summed E-state index contributed by atoms with van der Waals surface area (Å²) in [7, 11) is 0. The average molecular weight is 225 g/mol. The molecule has 1 aromatic carbocycles. The van der Waals surface area contributed by atoms with Crippen molar-refractivity contribution in [3.63, 3.8) is 0 Å². The van der Waals surface area contributed by atoms with Crippen molar-refractivity contribution in [1.82, 2.24) is 5.43 Å². The molecule has 1 atom stereocenters. The van der Waals surface area contributed by atoms with Crippen LogP contribution in [-0.2, 0) is 0 Å². The second-order valence-corrected chi connectivity index (χ2v) is 4.74. The third-order valence-corrected chi connectivity index (χ3v) is 3.52. The molecule has 1 unspecified atom stereocenters. The molecule has 0 saturated heterocycles. The van der Waals surface area contributed by atoms with Crippen LogP contribution in [-0.4, -0.2) is 0 Å². The van der Waals surface area contributed by atoms with Gasteiger partial charge in [-0.1, -0.05) is 43.0 Å². The average Bonchev–Trinajstić information content (AvgIpc) is 2.19. The fraction of sp³-hybridized carbons (Fsp3) is 0.500. The van der Waals surface area contributed by atoms with Crippen LogP contribution in [0.3, 0.4) is 0 Å². The SMILES string of the molecule is NNC(CC1CCC1)c1ccc(Cl)cc1. The topological polar surface area (TPSA) is 38.0 Å². The maximum Gasteiger partial charge on any atom is 0.0462 e. The van der Waals surface area contributed by atoms with Crippen LogP contribution < -0.4 is 11.3 Å². The highest BCUT2D eigenvalue weighted by molar-refractivity contribution is 6.30. The zero-order valence-electron chi connectivity index (χ0n) is 8.75. The van der Waals surface area contributed by atoms with Gasteiger partial charge < -0.3 is 0 Å². The number of nitrogens with two attached hydrogens (primary N) is 1. The van der Waals surface area contributed by atoms with Crippen LogP contribution in [0.25, 0.3) is 0 Å². The summed E-state index contributed by atoms with van der Waals surface area (Å²) in [4.78, 5) is 0. The minimum atomic E-state index is 0.271. The molecule has 0 aliphatic heterocycles. The minimum absolute atomic E-state index is 0.271. The summed E-state index contributed by atoms with van der Waals surface area (Å²) < 4.78 is 0. The molecule has 15 heavy (non-hydrogen) atoms. The van der Waals surface area contributed by atoms with E-state index in [-0.39, 0.29) is 6.04 Å². The molecule has 0 heterocycles. The van der Waals surface area contributed by atoms with Crippen molar-refractivity contribution in [3.8, 4) is 0 Å². The summed E-state index contributed by atoms with van der Waals surface area (Å²) in [6, 6.07) is 8.20. The summed E-state index contributed by atoms with van der Waals surface area (Å²) in [6.45, 7) is 0. The van der Waals surface area contributed by atoms with E-state index in [0.717, 1.165) is 17.4 Å². The van der Waals surface area contributed by atoms with Crippen molar-refractivity contribution in [1.29, 1.82) is 0 Å². The molecule has 1 aliphatic rings. The van der Waals surface area contributed by atoms with E-state index in [4.69, 9.17) is 17.4 Å². The number of nitrogens with one attached hydrogen (secondary N) is 1. The van der Waals surface area contributed by atoms with E-state index in [1.165, 1.54) is 24.8 Å². The van der Waals surface area contributed by atoms with Crippen molar-refractivity contribution in [2.75, 3.05) is 0 Å². The van der Waals surface area contributed by atoms with E-state index in [2.05, 4.69) is 5.43 Å². The maximum atomic E-state index is 5.85. The molecule has 0 spiro atoms. The lowest BCUT2D eigenvalue weighted by atomic mass is 9.80. The number of halogens is 1. The molecule has 2 nitrogen and oxygen atoms in total. The van der Waals surface area contributed by atoms with E-state index in [9.17, 15) is 0 Å². The van der Waals surface area contributed by atoms with Gasteiger partial charge in [0, 0.05) is 11.1 Å². The molecule has 2 rings (SSSR count). The van der Waals surface area contributed by atoms with Gasteiger partial charge in [-0.25, -0.2) is 0 Å². The lowest BCUT2D eigenvalue weighted by molar-refractivity contribution is 0.262. The van der Waals surface area contributed by atoms with Crippen molar-refractivity contribution in [2.45, 2.75) is 31.7 Å². The molecule has 3 N–H and O–H groups in total. The maximum absolute atomic E-state index is 5.85. The second kappa shape index (κ2) is 4.97. The molecule has 1 aromatic rings. The Bertz CT molecular complexity index is 306. The number of hydrogen-bond acceptors (Lipinski definition) is 2. The molecular weight excluding hydrogens is 208 g/mol. The molecular formula is C12H17ClN2. The normalized spacial score (nSPS) is 18.5. The first-order valence-corrected chi connectivity index (χ1v) is 5.89. The molecule has 1 aliphatic carbocycles. The summed E-state index contributed by atoms with van der Waals surface area (Å²) in [5, 5.41) is 0.776. The highest BCUT2D eigenvalue weighted by Crippen LogP contribution is 2.34. The quantitative estimate of drug-likeness (QED) is 0.610. The number of hydrazine groups is 1. The Balaban J connectivity index is 2.01. The molecule has 3 heteroatoms. The fourth-order valence-corrected chi connectivity index (χ4v) is 2.18. The first kappa shape index (κ1) is 10.9. The third-order valence-electron chi connectivity index (χ3n) is 3.27. The predicted octanol–water partition coefficient (Wildman–Crippen LogP) is 3.03. The van der Waals surface area contributed by atoms with Crippen LogP contribution in [0, 0.1) is 5.92 Å². The van der Waals surface area contributed by atoms with Crippen molar-refractivity contribution >= 4 is 11.6 Å². The van der Waals surface area contributed by atoms with Crippen LogP contribution in [0.4, 0.5) is 0 Å². The summed E-state index contributed by atoms with van der Waals surface area (Å²) in [5.41, 5.74) is 4.12. The monoisotopic (exact) mass is 224 g/mol. The van der Waals surface area contributed by atoms with Gasteiger partial charge in [0.2, 0.25) is 0 Å². The Morgan fingerprint density at radius 2 is 2.00 bits per heavy atom. The van der Waals surface area contributed by atoms with Gasteiger partial charge in [0.1, 0.15) is 0 Å². The van der Waals surface area contributed by atoms with Gasteiger partial charge in [-0.2, -0.15) is 0 Å². The van der Waals surface area contributed by atoms with Crippen LogP contribution in [0.2, 0.25) is 5.02 Å². The van der Waals surface area contributed by atoms with Crippen molar-refractivity contribution in [2.24, 2.45) is 11.8 Å². The standard InChI is InChI=1S/C12H17ClN2/c13-11-6-4-10(5-7-11)12(15-14)8-9-2-1-3-9/h4-7,9,12,15H,1-3,8,14H2. The summed E-state index contributed by atoms with van der Waals surface area (Å²) >= 11 is 5.85. The van der Waals surface area contributed by atoms with E-state index in [1.807, 2.05) is 24.3 Å². The lowest BCUT2D eigenvalue weighted by Gasteiger charge is -2.29. The Morgan fingerprint density at radius 3 is 2.47 bits per heavy atom.